The maximum atomic E-state index is 12.5. The van der Waals surface area contributed by atoms with Crippen molar-refractivity contribution in [3.05, 3.63) is 76.8 Å². The number of rotatable bonds is 5. The summed E-state index contributed by atoms with van der Waals surface area (Å²) in [6.45, 7) is 5.32. The van der Waals surface area contributed by atoms with Crippen molar-refractivity contribution in [1.82, 2.24) is 14.9 Å². The number of anilines is 1. The number of imidazole rings is 1. The molecule has 2 heterocycles. The molecule has 2 aromatic carbocycles. The minimum absolute atomic E-state index is 0.230. The SMILES string of the molecule is CC(C)c1nccn1Cc1cccc(NC(=O)NC2COc3c(Cl)cccc32)c1. The second-order valence-corrected chi connectivity index (χ2v) is 7.80. The maximum Gasteiger partial charge on any atom is 0.319 e. The van der Waals surface area contributed by atoms with Crippen LogP contribution in [0, 0.1) is 0 Å². The predicted molar refractivity (Wildman–Crippen MR) is 114 cm³/mol. The van der Waals surface area contributed by atoms with Gasteiger partial charge in [0, 0.05) is 36.1 Å². The van der Waals surface area contributed by atoms with E-state index in [0.29, 0.717) is 29.8 Å². The molecule has 2 amide bonds. The molecular weight excluding hydrogens is 388 g/mol. The summed E-state index contributed by atoms with van der Waals surface area (Å²) in [5.41, 5.74) is 2.71. The standard InChI is InChI=1S/C22H23ClN4O2/c1-14(2)21-24-9-10-27(21)12-15-5-3-6-16(11-15)25-22(28)26-19-13-29-20-17(19)7-4-8-18(20)23/h3-11,14,19H,12-13H2,1-2H3,(H2,25,26,28). The fourth-order valence-electron chi connectivity index (χ4n) is 3.55. The molecule has 1 aliphatic heterocycles. The van der Waals surface area contributed by atoms with Crippen LogP contribution in [0.5, 0.6) is 5.75 Å². The number of aromatic nitrogens is 2. The fraction of sp³-hybridized carbons (Fsp3) is 0.273. The van der Waals surface area contributed by atoms with Crippen molar-refractivity contribution in [2.45, 2.75) is 32.4 Å². The molecule has 0 radical (unpaired) electrons. The molecule has 0 spiro atoms. The molecule has 1 aliphatic rings. The number of para-hydroxylation sites is 1. The molecule has 7 heteroatoms. The van der Waals surface area contributed by atoms with Crippen molar-refractivity contribution in [1.29, 1.82) is 0 Å². The molecule has 6 nitrogen and oxygen atoms in total. The zero-order valence-electron chi connectivity index (χ0n) is 16.4. The van der Waals surface area contributed by atoms with Crippen LogP contribution in [0.4, 0.5) is 10.5 Å². The van der Waals surface area contributed by atoms with Gasteiger partial charge in [0.2, 0.25) is 0 Å². The van der Waals surface area contributed by atoms with Crippen molar-refractivity contribution < 1.29 is 9.53 Å². The van der Waals surface area contributed by atoms with Gasteiger partial charge >= 0.3 is 6.03 Å². The smallest absolute Gasteiger partial charge is 0.319 e. The van der Waals surface area contributed by atoms with Crippen LogP contribution in [0.25, 0.3) is 0 Å². The number of hydrogen-bond acceptors (Lipinski definition) is 3. The van der Waals surface area contributed by atoms with E-state index >= 15 is 0 Å². The molecule has 2 N–H and O–H groups in total. The molecule has 1 atom stereocenters. The van der Waals surface area contributed by atoms with E-state index in [4.69, 9.17) is 16.3 Å². The summed E-state index contributed by atoms with van der Waals surface area (Å²) in [5.74, 6) is 2.03. The lowest BCUT2D eigenvalue weighted by Gasteiger charge is -2.14. The van der Waals surface area contributed by atoms with Gasteiger partial charge < -0.3 is 19.9 Å². The highest BCUT2D eigenvalue weighted by Crippen LogP contribution is 2.38. The van der Waals surface area contributed by atoms with Crippen molar-refractivity contribution in [3.63, 3.8) is 0 Å². The van der Waals surface area contributed by atoms with Gasteiger partial charge in [-0.1, -0.05) is 49.7 Å². The Morgan fingerprint density at radius 2 is 2.14 bits per heavy atom. The number of hydrogen-bond donors (Lipinski definition) is 2. The molecule has 0 bridgehead atoms. The van der Waals surface area contributed by atoms with E-state index in [1.807, 2.05) is 48.8 Å². The van der Waals surface area contributed by atoms with Gasteiger partial charge in [0.05, 0.1) is 11.1 Å². The third kappa shape index (κ3) is 4.22. The number of benzene rings is 2. The van der Waals surface area contributed by atoms with E-state index < -0.39 is 0 Å². The Labute approximate surface area is 174 Å². The zero-order valence-corrected chi connectivity index (χ0v) is 17.1. The molecule has 0 saturated heterocycles. The molecule has 1 aromatic heterocycles. The highest BCUT2D eigenvalue weighted by molar-refractivity contribution is 6.32. The number of urea groups is 1. The molecule has 0 fully saturated rings. The second-order valence-electron chi connectivity index (χ2n) is 7.39. The van der Waals surface area contributed by atoms with Gasteiger partial charge in [0.25, 0.3) is 0 Å². The van der Waals surface area contributed by atoms with Crippen LogP contribution in [-0.2, 0) is 6.54 Å². The topological polar surface area (TPSA) is 68.2 Å². The van der Waals surface area contributed by atoms with Gasteiger partial charge in [-0.2, -0.15) is 0 Å². The lowest BCUT2D eigenvalue weighted by atomic mass is 10.1. The van der Waals surface area contributed by atoms with Crippen molar-refractivity contribution in [2.24, 2.45) is 0 Å². The average molecular weight is 411 g/mol. The Balaban J connectivity index is 1.42. The summed E-state index contributed by atoms with van der Waals surface area (Å²) in [4.78, 5) is 16.9. The number of nitrogens with one attached hydrogen (secondary N) is 2. The maximum absolute atomic E-state index is 12.5. The number of nitrogens with zero attached hydrogens (tertiary/aromatic N) is 2. The van der Waals surface area contributed by atoms with Crippen molar-refractivity contribution >= 4 is 23.3 Å². The fourth-order valence-corrected chi connectivity index (χ4v) is 3.79. The van der Waals surface area contributed by atoms with E-state index in [0.717, 1.165) is 22.6 Å². The largest absolute Gasteiger partial charge is 0.489 e. The van der Waals surface area contributed by atoms with E-state index in [9.17, 15) is 4.79 Å². The summed E-state index contributed by atoms with van der Waals surface area (Å²) in [7, 11) is 0. The van der Waals surface area contributed by atoms with Crippen LogP contribution >= 0.6 is 11.6 Å². The van der Waals surface area contributed by atoms with Gasteiger partial charge in [0.15, 0.2) is 0 Å². The quantitative estimate of drug-likeness (QED) is 0.624. The minimum atomic E-state index is -0.283. The molecule has 150 valence electrons. The van der Waals surface area contributed by atoms with Crippen LogP contribution in [0.15, 0.2) is 54.9 Å². The number of amides is 2. The first-order valence-electron chi connectivity index (χ1n) is 9.60. The average Bonchev–Trinajstić information content (AvgIpc) is 3.30. The minimum Gasteiger partial charge on any atom is -0.489 e. The first-order valence-corrected chi connectivity index (χ1v) is 9.97. The normalized spacial score (nSPS) is 15.1. The highest BCUT2D eigenvalue weighted by atomic mass is 35.5. The predicted octanol–water partition coefficient (Wildman–Crippen LogP) is 4.96. The van der Waals surface area contributed by atoms with E-state index in [-0.39, 0.29) is 12.1 Å². The summed E-state index contributed by atoms with van der Waals surface area (Å²) in [6.07, 6.45) is 3.80. The third-order valence-electron chi connectivity index (χ3n) is 4.87. The molecule has 1 unspecified atom stereocenters. The highest BCUT2D eigenvalue weighted by Gasteiger charge is 2.27. The zero-order chi connectivity index (χ0) is 20.4. The lowest BCUT2D eigenvalue weighted by molar-refractivity contribution is 0.243. The van der Waals surface area contributed by atoms with Crippen LogP contribution in [0.1, 0.15) is 42.8 Å². The molecule has 4 rings (SSSR count). The summed E-state index contributed by atoms with van der Waals surface area (Å²) >= 11 is 6.15. The summed E-state index contributed by atoms with van der Waals surface area (Å²) in [5, 5.41) is 6.41. The third-order valence-corrected chi connectivity index (χ3v) is 5.17. The van der Waals surface area contributed by atoms with Crippen LogP contribution in [0.2, 0.25) is 5.02 Å². The number of carbonyl (C=O) groups excluding carboxylic acids is 1. The van der Waals surface area contributed by atoms with Gasteiger partial charge in [-0.25, -0.2) is 9.78 Å². The first-order chi connectivity index (χ1) is 14.0. The Bertz CT molecular complexity index is 1030. The Hall–Kier alpha value is -2.99. The van der Waals surface area contributed by atoms with E-state index in [1.54, 1.807) is 6.07 Å². The summed E-state index contributed by atoms with van der Waals surface area (Å²) < 4.78 is 7.74. The lowest BCUT2D eigenvalue weighted by Crippen LogP contribution is -2.33. The number of carbonyl (C=O) groups is 1. The van der Waals surface area contributed by atoms with Gasteiger partial charge in [0.1, 0.15) is 18.2 Å². The summed E-state index contributed by atoms with van der Waals surface area (Å²) in [6, 6.07) is 12.8. The molecule has 0 saturated carbocycles. The first kappa shape index (κ1) is 19.3. The van der Waals surface area contributed by atoms with Crippen LogP contribution in [-0.4, -0.2) is 22.2 Å². The van der Waals surface area contributed by atoms with Gasteiger partial charge in [-0.15, -0.1) is 0 Å². The van der Waals surface area contributed by atoms with E-state index in [1.165, 1.54) is 0 Å². The molecule has 3 aromatic rings. The second kappa shape index (κ2) is 8.17. The van der Waals surface area contributed by atoms with Gasteiger partial charge in [-0.3, -0.25) is 0 Å². The van der Waals surface area contributed by atoms with Crippen LogP contribution < -0.4 is 15.4 Å². The Kier molecular flexibility index (Phi) is 5.45. The number of ether oxygens (including phenoxy) is 1. The van der Waals surface area contributed by atoms with Crippen LogP contribution in [0.3, 0.4) is 0 Å². The van der Waals surface area contributed by atoms with Crippen molar-refractivity contribution in [2.75, 3.05) is 11.9 Å². The Morgan fingerprint density at radius 1 is 1.31 bits per heavy atom. The molecule has 0 aliphatic carbocycles. The van der Waals surface area contributed by atoms with Crippen molar-refractivity contribution in [3.8, 4) is 5.75 Å². The Morgan fingerprint density at radius 3 is 2.97 bits per heavy atom. The van der Waals surface area contributed by atoms with Gasteiger partial charge in [-0.05, 0) is 23.8 Å². The number of halogens is 1. The molecule has 29 heavy (non-hydrogen) atoms. The monoisotopic (exact) mass is 410 g/mol. The van der Waals surface area contributed by atoms with E-state index in [2.05, 4.69) is 34.0 Å². The number of fused-ring (bicyclic) bond motifs is 1. The molecular formula is C22H23ClN4O2.